The molecular weight excluding hydrogens is 183 g/mol. The van der Waals surface area contributed by atoms with Crippen LogP contribution in [-0.2, 0) is 0 Å². The lowest BCUT2D eigenvalue weighted by Gasteiger charge is -2.11. The molecule has 0 saturated heterocycles. The van der Waals surface area contributed by atoms with Crippen LogP contribution in [0, 0.1) is 0 Å². The average Bonchev–Trinajstić information content (AvgIpc) is 2.09. The molecule has 0 radical (unpaired) electrons. The Morgan fingerprint density at radius 1 is 1.00 bits per heavy atom. The van der Waals surface area contributed by atoms with E-state index in [1.54, 1.807) is 0 Å². The predicted molar refractivity (Wildman–Crippen MR) is 47.2 cm³/mol. The average molecular weight is 191 g/mol. The molecule has 2 N–H and O–H groups in total. The van der Waals surface area contributed by atoms with Crippen molar-refractivity contribution < 1.29 is 0 Å². The van der Waals surface area contributed by atoms with Crippen molar-refractivity contribution >= 4 is 23.6 Å². The lowest BCUT2D eigenvalue weighted by atomic mass is 10.2. The fourth-order valence-electron chi connectivity index (χ4n) is 0.792. The number of hydrogen-bond acceptors (Lipinski definition) is 2. The van der Waals surface area contributed by atoms with Gasteiger partial charge in [0.15, 0.2) is 0 Å². The Balaban J connectivity index is 2.74. The molecule has 0 amide bonds. The molecule has 0 aliphatic carbocycles. The maximum atomic E-state index is 5.41. The Morgan fingerprint density at radius 2 is 1.55 bits per heavy atom. The molecule has 4 heteroatoms. The van der Waals surface area contributed by atoms with Gasteiger partial charge in [0.2, 0.25) is 0 Å². The second-order valence-electron chi connectivity index (χ2n) is 2.06. The van der Waals surface area contributed by atoms with Gasteiger partial charge in [0, 0.05) is 0 Å². The third-order valence-electron chi connectivity index (χ3n) is 1.35. The summed E-state index contributed by atoms with van der Waals surface area (Å²) in [7, 11) is 0. The van der Waals surface area contributed by atoms with Gasteiger partial charge in [-0.25, -0.2) is 9.67 Å². The molecule has 0 saturated carbocycles. The van der Waals surface area contributed by atoms with Gasteiger partial charge in [0.05, 0.1) is 0 Å². The largest absolute Gasteiger partial charge is 0.211 e. The third kappa shape index (κ3) is 2.34. The molecule has 1 rings (SSSR count). The van der Waals surface area contributed by atoms with E-state index in [1.807, 2.05) is 30.3 Å². The van der Waals surface area contributed by atoms with E-state index in [1.165, 1.54) is 0 Å². The van der Waals surface area contributed by atoms with Crippen LogP contribution in [0.4, 0.5) is 0 Å². The SMILES string of the molecule is ClNC(NCl)c1ccccc1. The lowest BCUT2D eigenvalue weighted by Crippen LogP contribution is -2.21. The van der Waals surface area contributed by atoms with Gasteiger partial charge in [-0.05, 0) is 29.1 Å². The number of nitrogens with one attached hydrogen (secondary N) is 2. The monoisotopic (exact) mass is 190 g/mol. The Morgan fingerprint density at radius 3 is 2.00 bits per heavy atom. The van der Waals surface area contributed by atoms with Crippen LogP contribution in [0.1, 0.15) is 11.7 Å². The maximum absolute atomic E-state index is 5.41. The van der Waals surface area contributed by atoms with E-state index in [0.717, 1.165) is 5.56 Å². The summed E-state index contributed by atoms with van der Waals surface area (Å²) in [5, 5.41) is 0. The van der Waals surface area contributed by atoms with Gasteiger partial charge in [-0.15, -0.1) is 0 Å². The van der Waals surface area contributed by atoms with Gasteiger partial charge >= 0.3 is 0 Å². The summed E-state index contributed by atoms with van der Waals surface area (Å²) >= 11 is 10.8. The van der Waals surface area contributed by atoms with E-state index in [2.05, 4.69) is 9.67 Å². The molecular formula is C7H8Cl2N2. The van der Waals surface area contributed by atoms with Crippen molar-refractivity contribution in [3.05, 3.63) is 35.9 Å². The van der Waals surface area contributed by atoms with Crippen LogP contribution in [0.25, 0.3) is 0 Å². The van der Waals surface area contributed by atoms with Crippen LogP contribution < -0.4 is 9.67 Å². The molecule has 1 aromatic rings. The molecule has 11 heavy (non-hydrogen) atoms. The zero-order valence-electron chi connectivity index (χ0n) is 5.72. The summed E-state index contributed by atoms with van der Waals surface area (Å²) in [4.78, 5) is 4.99. The van der Waals surface area contributed by atoms with Gasteiger partial charge in [-0.1, -0.05) is 30.3 Å². The molecule has 0 heterocycles. The van der Waals surface area contributed by atoms with Crippen molar-refractivity contribution in [1.82, 2.24) is 9.67 Å². The van der Waals surface area contributed by atoms with E-state index in [0.29, 0.717) is 0 Å². The fraction of sp³-hybridized carbons (Fsp3) is 0.143. The predicted octanol–water partition coefficient (Wildman–Crippen LogP) is 2.17. The molecule has 0 unspecified atom stereocenters. The van der Waals surface area contributed by atoms with Gasteiger partial charge in [0.1, 0.15) is 6.17 Å². The van der Waals surface area contributed by atoms with Crippen molar-refractivity contribution in [1.29, 1.82) is 0 Å². The van der Waals surface area contributed by atoms with E-state index in [9.17, 15) is 0 Å². The van der Waals surface area contributed by atoms with Crippen molar-refractivity contribution in [2.45, 2.75) is 6.17 Å². The van der Waals surface area contributed by atoms with Crippen molar-refractivity contribution in [3.8, 4) is 0 Å². The highest BCUT2D eigenvalue weighted by molar-refractivity contribution is 6.16. The van der Waals surface area contributed by atoms with Crippen LogP contribution in [0.3, 0.4) is 0 Å². The molecule has 0 atom stereocenters. The Bertz CT molecular complexity index is 199. The second kappa shape index (κ2) is 4.57. The standard InChI is InChI=1S/C7H8Cl2N2/c8-10-7(11-9)6-4-2-1-3-5-6/h1-5,7,10-11H. The van der Waals surface area contributed by atoms with Crippen LogP contribution >= 0.6 is 23.6 Å². The summed E-state index contributed by atoms with van der Waals surface area (Å²) in [6.45, 7) is 0. The highest BCUT2D eigenvalue weighted by atomic mass is 35.5. The van der Waals surface area contributed by atoms with Crippen molar-refractivity contribution in [2.24, 2.45) is 0 Å². The molecule has 0 aromatic heterocycles. The molecule has 2 nitrogen and oxygen atoms in total. The zero-order chi connectivity index (χ0) is 8.10. The summed E-state index contributed by atoms with van der Waals surface area (Å²) in [5.41, 5.74) is 0.998. The highest BCUT2D eigenvalue weighted by Gasteiger charge is 2.05. The van der Waals surface area contributed by atoms with Gasteiger partial charge in [-0.2, -0.15) is 0 Å². The summed E-state index contributed by atoms with van der Waals surface area (Å²) < 4.78 is 0. The minimum Gasteiger partial charge on any atom is -0.211 e. The molecule has 1 aromatic carbocycles. The molecule has 0 aliphatic heterocycles. The maximum Gasteiger partial charge on any atom is 0.111 e. The smallest absolute Gasteiger partial charge is 0.111 e. The number of halogens is 2. The quantitative estimate of drug-likeness (QED) is 0.565. The summed E-state index contributed by atoms with van der Waals surface area (Å²) in [6.07, 6.45) is -0.209. The van der Waals surface area contributed by atoms with E-state index in [4.69, 9.17) is 23.6 Å². The minimum absolute atomic E-state index is 0.209. The van der Waals surface area contributed by atoms with Crippen molar-refractivity contribution in [2.75, 3.05) is 0 Å². The molecule has 0 spiro atoms. The molecule has 0 fully saturated rings. The topological polar surface area (TPSA) is 24.1 Å². The normalized spacial score (nSPS) is 10.5. The highest BCUT2D eigenvalue weighted by Crippen LogP contribution is 2.09. The minimum atomic E-state index is -0.209. The first-order valence-corrected chi connectivity index (χ1v) is 3.91. The van der Waals surface area contributed by atoms with Crippen LogP contribution in [0.15, 0.2) is 30.3 Å². The lowest BCUT2D eigenvalue weighted by molar-refractivity contribution is 0.649. The Kier molecular flexibility index (Phi) is 3.66. The van der Waals surface area contributed by atoms with Crippen LogP contribution in [0.2, 0.25) is 0 Å². The third-order valence-corrected chi connectivity index (χ3v) is 1.79. The van der Waals surface area contributed by atoms with Crippen LogP contribution in [-0.4, -0.2) is 0 Å². The fourth-order valence-corrected chi connectivity index (χ4v) is 1.21. The van der Waals surface area contributed by atoms with Crippen LogP contribution in [0.5, 0.6) is 0 Å². The first kappa shape index (κ1) is 8.81. The zero-order valence-corrected chi connectivity index (χ0v) is 7.23. The Hall–Kier alpha value is -0.280. The molecule has 60 valence electrons. The van der Waals surface area contributed by atoms with Gasteiger partial charge in [0.25, 0.3) is 0 Å². The second-order valence-corrected chi connectivity index (χ2v) is 2.50. The molecule has 0 bridgehead atoms. The van der Waals surface area contributed by atoms with E-state index in [-0.39, 0.29) is 6.17 Å². The van der Waals surface area contributed by atoms with Gasteiger partial charge in [-0.3, -0.25) is 0 Å². The van der Waals surface area contributed by atoms with E-state index >= 15 is 0 Å². The number of hydrogen-bond donors (Lipinski definition) is 2. The van der Waals surface area contributed by atoms with E-state index < -0.39 is 0 Å². The van der Waals surface area contributed by atoms with Gasteiger partial charge < -0.3 is 0 Å². The number of rotatable bonds is 3. The Labute approximate surface area is 75.7 Å². The first-order valence-electron chi connectivity index (χ1n) is 3.15. The summed E-state index contributed by atoms with van der Waals surface area (Å²) in [6, 6.07) is 9.63. The molecule has 0 aliphatic rings. The summed E-state index contributed by atoms with van der Waals surface area (Å²) in [5.74, 6) is 0. The number of benzene rings is 1. The first-order chi connectivity index (χ1) is 5.38. The van der Waals surface area contributed by atoms with Crippen molar-refractivity contribution in [3.63, 3.8) is 0 Å².